The number of thiazole rings is 1. The first-order valence-electron chi connectivity index (χ1n) is 8.48. The first kappa shape index (κ1) is 18.9. The van der Waals surface area contributed by atoms with Gasteiger partial charge < -0.3 is 10.0 Å². The molecule has 2 heterocycles. The van der Waals surface area contributed by atoms with Crippen LogP contribution in [0.5, 0.6) is 0 Å². The Balaban J connectivity index is 1.62. The van der Waals surface area contributed by atoms with E-state index in [0.717, 1.165) is 19.3 Å². The Labute approximate surface area is 159 Å². The molecule has 1 saturated carbocycles. The van der Waals surface area contributed by atoms with Gasteiger partial charge in [-0.3, -0.25) is 14.0 Å². The average molecular weight is 396 g/mol. The SMILES string of the molecule is CN(C(=O)CSCc1cc(=O)n2ccsc2n1)C1(C(=O)O)CCCCC1. The van der Waals surface area contributed by atoms with Gasteiger partial charge in [0.1, 0.15) is 5.54 Å². The molecule has 1 N–H and O–H groups in total. The Hall–Kier alpha value is -1.87. The van der Waals surface area contributed by atoms with Crippen LogP contribution in [0, 0.1) is 0 Å². The standard InChI is InChI=1S/C17H21N3O4S2/c1-19(17(15(23)24)5-3-2-4-6-17)14(22)11-25-10-12-9-13(21)20-7-8-26-16(20)18-12/h7-9H,2-6,10-11H2,1H3,(H,23,24). The van der Waals surface area contributed by atoms with E-state index in [4.69, 9.17) is 0 Å². The van der Waals surface area contributed by atoms with Crippen molar-refractivity contribution in [2.45, 2.75) is 43.4 Å². The molecule has 2 aromatic rings. The van der Waals surface area contributed by atoms with Gasteiger partial charge in [-0.05, 0) is 12.8 Å². The number of carbonyl (C=O) groups excluding carboxylic acids is 1. The van der Waals surface area contributed by atoms with E-state index in [-0.39, 0.29) is 17.2 Å². The molecule has 1 amide bonds. The highest BCUT2D eigenvalue weighted by Crippen LogP contribution is 2.33. The molecule has 7 nitrogen and oxygen atoms in total. The predicted octanol–water partition coefficient (Wildman–Crippen LogP) is 2.24. The molecule has 3 rings (SSSR count). The van der Waals surface area contributed by atoms with Crippen molar-refractivity contribution >= 4 is 39.9 Å². The molecule has 1 aliphatic carbocycles. The number of carboxylic acids is 1. The maximum Gasteiger partial charge on any atom is 0.329 e. The highest BCUT2D eigenvalue weighted by atomic mass is 32.2. The van der Waals surface area contributed by atoms with Crippen LogP contribution in [-0.4, -0.2) is 49.6 Å². The lowest BCUT2D eigenvalue weighted by molar-refractivity contribution is -0.159. The van der Waals surface area contributed by atoms with Gasteiger partial charge in [0.05, 0.1) is 11.4 Å². The molecule has 1 fully saturated rings. The third-order valence-corrected chi connectivity index (χ3v) is 6.63. The molecule has 0 radical (unpaired) electrons. The molecular formula is C17H21N3O4S2. The molecule has 0 unspecified atom stereocenters. The van der Waals surface area contributed by atoms with Gasteiger partial charge in [-0.1, -0.05) is 19.3 Å². The number of amides is 1. The van der Waals surface area contributed by atoms with Gasteiger partial charge in [-0.25, -0.2) is 9.78 Å². The summed E-state index contributed by atoms with van der Waals surface area (Å²) in [5, 5.41) is 11.5. The minimum absolute atomic E-state index is 0.137. The molecule has 0 spiro atoms. The zero-order chi connectivity index (χ0) is 18.7. The van der Waals surface area contributed by atoms with Gasteiger partial charge in [0.15, 0.2) is 4.96 Å². The molecule has 140 valence electrons. The van der Waals surface area contributed by atoms with E-state index < -0.39 is 11.5 Å². The second kappa shape index (κ2) is 7.79. The van der Waals surface area contributed by atoms with E-state index in [1.165, 1.54) is 38.5 Å². The van der Waals surface area contributed by atoms with Crippen molar-refractivity contribution in [1.29, 1.82) is 0 Å². The highest BCUT2D eigenvalue weighted by molar-refractivity contribution is 7.99. The van der Waals surface area contributed by atoms with Gasteiger partial charge >= 0.3 is 5.97 Å². The van der Waals surface area contributed by atoms with E-state index >= 15 is 0 Å². The zero-order valence-corrected chi connectivity index (χ0v) is 16.1. The van der Waals surface area contributed by atoms with Crippen molar-refractivity contribution in [2.75, 3.05) is 12.8 Å². The second-order valence-electron chi connectivity index (χ2n) is 6.48. The molecule has 9 heteroatoms. The minimum atomic E-state index is -1.08. The monoisotopic (exact) mass is 395 g/mol. The lowest BCUT2D eigenvalue weighted by atomic mass is 9.80. The molecule has 0 aromatic carbocycles. The third kappa shape index (κ3) is 3.64. The Morgan fingerprint density at radius 2 is 2.12 bits per heavy atom. The number of hydrogen-bond acceptors (Lipinski definition) is 6. The topological polar surface area (TPSA) is 92.0 Å². The van der Waals surface area contributed by atoms with E-state index in [2.05, 4.69) is 4.98 Å². The fourth-order valence-corrected chi connectivity index (χ4v) is 4.94. The molecule has 0 bridgehead atoms. The highest BCUT2D eigenvalue weighted by Gasteiger charge is 2.45. The van der Waals surface area contributed by atoms with Crippen molar-refractivity contribution < 1.29 is 14.7 Å². The summed E-state index contributed by atoms with van der Waals surface area (Å²) in [5.74, 6) is -0.524. The smallest absolute Gasteiger partial charge is 0.329 e. The summed E-state index contributed by atoms with van der Waals surface area (Å²) in [6.07, 6.45) is 5.35. The number of aliphatic carboxylic acids is 1. The summed E-state index contributed by atoms with van der Waals surface area (Å²) < 4.78 is 1.48. The predicted molar refractivity (Wildman–Crippen MR) is 102 cm³/mol. The van der Waals surface area contributed by atoms with Crippen molar-refractivity contribution in [3.63, 3.8) is 0 Å². The van der Waals surface area contributed by atoms with Crippen LogP contribution in [0.3, 0.4) is 0 Å². The number of hydrogen-bond donors (Lipinski definition) is 1. The zero-order valence-electron chi connectivity index (χ0n) is 14.5. The van der Waals surface area contributed by atoms with Gasteiger partial charge in [0.2, 0.25) is 5.91 Å². The number of thioether (sulfide) groups is 1. The first-order valence-corrected chi connectivity index (χ1v) is 10.5. The number of carboxylic acid groups (broad SMARTS) is 1. The normalized spacial score (nSPS) is 16.5. The van der Waals surface area contributed by atoms with Crippen LogP contribution in [0.15, 0.2) is 22.4 Å². The van der Waals surface area contributed by atoms with Crippen LogP contribution in [0.4, 0.5) is 0 Å². The Bertz CT molecular complexity index is 870. The summed E-state index contributed by atoms with van der Waals surface area (Å²) in [5.41, 5.74) is -0.589. The number of rotatable bonds is 6. The fraction of sp³-hybridized carbons (Fsp3) is 0.529. The largest absolute Gasteiger partial charge is 0.479 e. The van der Waals surface area contributed by atoms with Gasteiger partial charge in [0.25, 0.3) is 5.56 Å². The molecule has 26 heavy (non-hydrogen) atoms. The Morgan fingerprint density at radius 1 is 1.38 bits per heavy atom. The van der Waals surface area contributed by atoms with Crippen LogP contribution in [0.2, 0.25) is 0 Å². The van der Waals surface area contributed by atoms with Crippen LogP contribution >= 0.6 is 23.1 Å². The first-order chi connectivity index (χ1) is 12.4. The fourth-order valence-electron chi connectivity index (χ4n) is 3.37. The summed E-state index contributed by atoms with van der Waals surface area (Å²) in [6, 6.07) is 1.47. The number of carbonyl (C=O) groups is 2. The molecule has 1 aliphatic rings. The third-order valence-electron chi connectivity index (χ3n) is 4.93. The van der Waals surface area contributed by atoms with Crippen LogP contribution in [0.1, 0.15) is 37.8 Å². The summed E-state index contributed by atoms with van der Waals surface area (Å²) >= 11 is 2.73. The Morgan fingerprint density at radius 3 is 2.81 bits per heavy atom. The lowest BCUT2D eigenvalue weighted by Gasteiger charge is -2.41. The molecule has 0 aliphatic heterocycles. The molecule has 2 aromatic heterocycles. The molecular weight excluding hydrogens is 374 g/mol. The van der Waals surface area contributed by atoms with E-state index in [1.54, 1.807) is 18.6 Å². The van der Waals surface area contributed by atoms with Crippen molar-refractivity contribution in [3.8, 4) is 0 Å². The molecule has 0 atom stereocenters. The number of nitrogens with zero attached hydrogens (tertiary/aromatic N) is 3. The van der Waals surface area contributed by atoms with Crippen molar-refractivity contribution in [2.24, 2.45) is 0 Å². The summed E-state index contributed by atoms with van der Waals surface area (Å²) in [7, 11) is 1.59. The van der Waals surface area contributed by atoms with Gasteiger partial charge in [0, 0.05) is 30.4 Å². The van der Waals surface area contributed by atoms with E-state index in [1.807, 2.05) is 0 Å². The van der Waals surface area contributed by atoms with Crippen LogP contribution in [-0.2, 0) is 15.3 Å². The van der Waals surface area contributed by atoms with Crippen LogP contribution in [0.25, 0.3) is 4.96 Å². The maximum atomic E-state index is 12.5. The summed E-state index contributed by atoms with van der Waals surface area (Å²) in [4.78, 5) is 42.8. The number of fused-ring (bicyclic) bond motifs is 1. The minimum Gasteiger partial charge on any atom is -0.479 e. The Kier molecular flexibility index (Phi) is 5.67. The molecule has 0 saturated heterocycles. The maximum absolute atomic E-state index is 12.5. The van der Waals surface area contributed by atoms with Gasteiger partial charge in [-0.15, -0.1) is 23.1 Å². The quantitative estimate of drug-likeness (QED) is 0.806. The van der Waals surface area contributed by atoms with E-state index in [0.29, 0.717) is 29.2 Å². The summed E-state index contributed by atoms with van der Waals surface area (Å²) in [6.45, 7) is 0. The number of likely N-dealkylation sites (N-methyl/N-ethyl adjacent to an activating group) is 1. The number of aromatic nitrogens is 2. The lowest BCUT2D eigenvalue weighted by Crippen LogP contribution is -2.56. The van der Waals surface area contributed by atoms with Gasteiger partial charge in [-0.2, -0.15) is 0 Å². The average Bonchev–Trinajstić information content (AvgIpc) is 3.10. The van der Waals surface area contributed by atoms with Crippen LogP contribution < -0.4 is 5.56 Å². The second-order valence-corrected chi connectivity index (χ2v) is 8.34. The van der Waals surface area contributed by atoms with Crippen molar-refractivity contribution in [3.05, 3.63) is 33.7 Å². The van der Waals surface area contributed by atoms with Crippen molar-refractivity contribution in [1.82, 2.24) is 14.3 Å². The van der Waals surface area contributed by atoms with E-state index in [9.17, 15) is 19.5 Å².